The SMILES string of the molecule is CCCCOC(=O)C(C)CC(=O)C[C@@H](C)[C@H]1CC(=O)[C@@]2(C)C3=C(C(=O)[C@@H](OC(C)=O)[C@]12C)[C@@]1(C)CC[C@H](O)C(C)(C)[C@@H]1C[C@@H]3O. The molecule has 1 unspecified atom stereocenters. The van der Waals surface area contributed by atoms with Crippen molar-refractivity contribution in [2.75, 3.05) is 6.61 Å². The van der Waals surface area contributed by atoms with Gasteiger partial charge in [0.25, 0.3) is 0 Å². The first-order chi connectivity index (χ1) is 20.8. The Morgan fingerprint density at radius 3 is 2.27 bits per heavy atom. The van der Waals surface area contributed by atoms with Crippen LogP contribution in [0, 0.1) is 45.3 Å². The fourth-order valence-electron chi connectivity index (χ4n) is 9.90. The van der Waals surface area contributed by atoms with E-state index < -0.39 is 63.7 Å². The maximum Gasteiger partial charge on any atom is 0.309 e. The van der Waals surface area contributed by atoms with Crippen molar-refractivity contribution >= 4 is 29.3 Å². The van der Waals surface area contributed by atoms with Crippen molar-refractivity contribution in [3.8, 4) is 0 Å². The van der Waals surface area contributed by atoms with E-state index in [0.717, 1.165) is 12.8 Å². The fraction of sp³-hybridized carbons (Fsp3) is 0.806. The van der Waals surface area contributed by atoms with E-state index in [9.17, 15) is 34.2 Å². The highest BCUT2D eigenvalue weighted by molar-refractivity contribution is 6.08. The maximum atomic E-state index is 14.8. The Morgan fingerprint density at radius 2 is 1.67 bits per heavy atom. The normalized spacial score (nSPS) is 38.5. The van der Waals surface area contributed by atoms with Gasteiger partial charge in [-0.05, 0) is 66.8 Å². The van der Waals surface area contributed by atoms with Crippen LogP contribution >= 0.6 is 0 Å². The molecule has 4 aliphatic rings. The maximum absolute atomic E-state index is 14.8. The predicted molar refractivity (Wildman–Crippen MR) is 167 cm³/mol. The number of rotatable bonds is 10. The zero-order valence-electron chi connectivity index (χ0n) is 28.7. The summed E-state index contributed by atoms with van der Waals surface area (Å²) in [7, 11) is 0. The van der Waals surface area contributed by atoms with Crippen LogP contribution in [-0.4, -0.2) is 64.4 Å². The number of unbranched alkanes of at least 4 members (excludes halogenated alkanes) is 1. The van der Waals surface area contributed by atoms with Gasteiger partial charge in [-0.1, -0.05) is 54.9 Å². The van der Waals surface area contributed by atoms with Gasteiger partial charge in [-0.2, -0.15) is 0 Å². The molecule has 0 aromatic carbocycles. The van der Waals surface area contributed by atoms with Crippen LogP contribution in [0.3, 0.4) is 0 Å². The molecule has 0 saturated heterocycles. The average Bonchev–Trinajstić information content (AvgIpc) is 3.16. The number of carbonyl (C=O) groups is 5. The molecule has 9 nitrogen and oxygen atoms in total. The zero-order chi connectivity index (χ0) is 33.9. The number of ketones is 3. The molecule has 0 bridgehead atoms. The summed E-state index contributed by atoms with van der Waals surface area (Å²) in [4.78, 5) is 67.3. The summed E-state index contributed by atoms with van der Waals surface area (Å²) in [6, 6.07) is 0. The van der Waals surface area contributed by atoms with Gasteiger partial charge in [-0.3, -0.25) is 24.0 Å². The quantitative estimate of drug-likeness (QED) is 0.254. The molecule has 10 atom stereocenters. The minimum Gasteiger partial charge on any atom is -0.465 e. The first kappa shape index (κ1) is 35.5. The van der Waals surface area contributed by atoms with Crippen molar-refractivity contribution in [1.29, 1.82) is 0 Å². The van der Waals surface area contributed by atoms with Crippen molar-refractivity contribution in [2.24, 2.45) is 45.3 Å². The second-order valence-electron chi connectivity index (χ2n) is 15.7. The van der Waals surface area contributed by atoms with Gasteiger partial charge in [0, 0.05) is 37.2 Å². The number of esters is 2. The molecule has 9 heteroatoms. The van der Waals surface area contributed by atoms with Crippen LogP contribution < -0.4 is 0 Å². The third-order valence-electron chi connectivity index (χ3n) is 12.7. The number of hydrogen-bond donors (Lipinski definition) is 2. The monoisotopic (exact) mass is 630 g/mol. The third-order valence-corrected chi connectivity index (χ3v) is 12.7. The smallest absolute Gasteiger partial charge is 0.309 e. The molecule has 0 amide bonds. The lowest BCUT2D eigenvalue weighted by molar-refractivity contribution is -0.178. The second-order valence-corrected chi connectivity index (χ2v) is 15.7. The summed E-state index contributed by atoms with van der Waals surface area (Å²) in [5.41, 5.74) is -3.06. The van der Waals surface area contributed by atoms with Gasteiger partial charge in [0.1, 0.15) is 11.6 Å². The van der Waals surface area contributed by atoms with E-state index in [1.165, 1.54) is 6.92 Å². The summed E-state index contributed by atoms with van der Waals surface area (Å²) in [5, 5.41) is 22.8. The van der Waals surface area contributed by atoms with Gasteiger partial charge in [-0.15, -0.1) is 0 Å². The van der Waals surface area contributed by atoms with Crippen molar-refractivity contribution in [1.82, 2.24) is 0 Å². The average molecular weight is 631 g/mol. The molecule has 4 rings (SSSR count). The molecule has 2 fully saturated rings. The van der Waals surface area contributed by atoms with Crippen molar-refractivity contribution in [3.05, 3.63) is 11.1 Å². The van der Waals surface area contributed by atoms with Crippen molar-refractivity contribution in [2.45, 2.75) is 132 Å². The molecule has 0 aromatic heterocycles. The molecule has 0 heterocycles. The summed E-state index contributed by atoms with van der Waals surface area (Å²) in [5.74, 6) is -3.45. The lowest BCUT2D eigenvalue weighted by atomic mass is 9.41. The Morgan fingerprint density at radius 1 is 1.02 bits per heavy atom. The number of aliphatic hydroxyl groups excluding tert-OH is 2. The van der Waals surface area contributed by atoms with Gasteiger partial charge < -0.3 is 19.7 Å². The Bertz CT molecular complexity index is 1280. The zero-order valence-corrected chi connectivity index (χ0v) is 28.7. The first-order valence-corrected chi connectivity index (χ1v) is 16.8. The molecule has 0 radical (unpaired) electrons. The Kier molecular flexibility index (Phi) is 9.72. The highest BCUT2D eigenvalue weighted by Crippen LogP contribution is 2.71. The number of aliphatic hydroxyl groups is 2. The van der Waals surface area contributed by atoms with Crippen LogP contribution in [0.25, 0.3) is 0 Å². The van der Waals surface area contributed by atoms with Crippen LogP contribution in [0.15, 0.2) is 11.1 Å². The largest absolute Gasteiger partial charge is 0.465 e. The highest BCUT2D eigenvalue weighted by Gasteiger charge is 2.74. The van der Waals surface area contributed by atoms with Crippen LogP contribution in [0.4, 0.5) is 0 Å². The molecule has 0 aliphatic heterocycles. The lowest BCUT2D eigenvalue weighted by Crippen LogP contribution is -2.65. The van der Waals surface area contributed by atoms with E-state index in [1.54, 1.807) is 13.8 Å². The Balaban J connectivity index is 1.74. The van der Waals surface area contributed by atoms with Gasteiger partial charge in [0.2, 0.25) is 5.78 Å². The minimum absolute atomic E-state index is 0.00560. The Labute approximate surface area is 267 Å². The summed E-state index contributed by atoms with van der Waals surface area (Å²) in [6.07, 6.45) is 0.0889. The molecule has 2 N–H and O–H groups in total. The van der Waals surface area contributed by atoms with E-state index >= 15 is 0 Å². The number of hydrogen-bond acceptors (Lipinski definition) is 9. The van der Waals surface area contributed by atoms with Gasteiger partial charge >= 0.3 is 11.9 Å². The van der Waals surface area contributed by atoms with Crippen molar-refractivity contribution in [3.63, 3.8) is 0 Å². The number of ether oxygens (including phenoxy) is 2. The summed E-state index contributed by atoms with van der Waals surface area (Å²) < 4.78 is 11.2. The molecule has 45 heavy (non-hydrogen) atoms. The predicted octanol–water partition coefficient (Wildman–Crippen LogP) is 4.93. The fourth-order valence-corrected chi connectivity index (χ4v) is 9.90. The van der Waals surface area contributed by atoms with E-state index in [-0.39, 0.29) is 48.4 Å². The van der Waals surface area contributed by atoms with Gasteiger partial charge in [-0.25, -0.2) is 0 Å². The molecule has 252 valence electrons. The molecule has 4 aliphatic carbocycles. The molecule has 0 spiro atoms. The summed E-state index contributed by atoms with van der Waals surface area (Å²) in [6.45, 7) is 16.6. The van der Waals surface area contributed by atoms with Gasteiger partial charge in [0.15, 0.2) is 6.10 Å². The lowest BCUT2D eigenvalue weighted by Gasteiger charge is -2.62. The number of Topliss-reactive ketones (excluding diaryl/α,β-unsaturated/α-hetero) is 3. The minimum atomic E-state index is -1.32. The van der Waals surface area contributed by atoms with Crippen LogP contribution in [0.2, 0.25) is 0 Å². The second kappa shape index (κ2) is 12.3. The molecular weight excluding hydrogens is 576 g/mol. The topological polar surface area (TPSA) is 144 Å². The molecule has 0 aromatic rings. The Hall–Kier alpha value is -2.39. The van der Waals surface area contributed by atoms with E-state index in [0.29, 0.717) is 37.0 Å². The van der Waals surface area contributed by atoms with Crippen LogP contribution in [-0.2, 0) is 33.4 Å². The summed E-state index contributed by atoms with van der Waals surface area (Å²) >= 11 is 0. The first-order valence-electron chi connectivity index (χ1n) is 16.8. The molecule has 2 saturated carbocycles. The van der Waals surface area contributed by atoms with Crippen molar-refractivity contribution < 1.29 is 43.7 Å². The van der Waals surface area contributed by atoms with E-state index in [1.807, 2.05) is 41.5 Å². The highest BCUT2D eigenvalue weighted by atomic mass is 16.5. The molecular formula is C36H54O9. The van der Waals surface area contributed by atoms with Crippen LogP contribution in [0.5, 0.6) is 0 Å². The van der Waals surface area contributed by atoms with E-state index in [2.05, 4.69) is 0 Å². The van der Waals surface area contributed by atoms with Crippen LogP contribution in [0.1, 0.15) is 114 Å². The van der Waals surface area contributed by atoms with Gasteiger partial charge in [0.05, 0.1) is 30.1 Å². The third kappa shape index (κ3) is 5.43. The standard InChI is InChI=1S/C36H54O9/c1-10-11-14-44-32(43)20(3)16-22(38)15-19(2)23-17-27(41)36(9)28-24(39)18-25-33(5,6)26(40)12-13-34(25,7)29(28)30(42)31(35(23,36)8)45-21(4)37/h19-20,23-26,31,39-40H,10-18H2,1-9H3/t19-,20?,23-,24+,25+,26+,31-,34+,35+,36+/m1/s1. The number of carbonyl (C=O) groups excluding carboxylic acids is 5. The van der Waals surface area contributed by atoms with E-state index in [4.69, 9.17) is 9.47 Å². The number of fused-ring (bicyclic) bond motifs is 4.